The first-order valence-corrected chi connectivity index (χ1v) is 11.2. The van der Waals surface area contributed by atoms with E-state index >= 15 is 0 Å². The van der Waals surface area contributed by atoms with Crippen molar-refractivity contribution in [3.63, 3.8) is 0 Å². The molecular formula is C22H36N4O2. The molecule has 0 bridgehead atoms. The topological polar surface area (TPSA) is 53.2 Å². The Morgan fingerprint density at radius 1 is 1.11 bits per heavy atom. The van der Waals surface area contributed by atoms with Crippen molar-refractivity contribution in [1.29, 1.82) is 0 Å². The van der Waals surface area contributed by atoms with Gasteiger partial charge in [0.05, 0.1) is 26.0 Å². The number of nitrogens with one attached hydrogen (secondary N) is 1. The second kappa shape index (κ2) is 9.79. The van der Waals surface area contributed by atoms with E-state index in [1.807, 2.05) is 12.1 Å². The summed E-state index contributed by atoms with van der Waals surface area (Å²) in [4.78, 5) is 9.99. The summed E-state index contributed by atoms with van der Waals surface area (Å²) in [5.41, 5.74) is 0.548. The first kappa shape index (κ1) is 19.8. The van der Waals surface area contributed by atoms with Crippen LogP contribution in [0.2, 0.25) is 0 Å². The molecule has 1 saturated carbocycles. The third-order valence-electron chi connectivity index (χ3n) is 6.67. The van der Waals surface area contributed by atoms with Crippen molar-refractivity contribution in [2.75, 3.05) is 59.0 Å². The number of guanidine groups is 1. The van der Waals surface area contributed by atoms with Gasteiger partial charge in [-0.3, -0.25) is 9.89 Å². The molecule has 1 aromatic heterocycles. The van der Waals surface area contributed by atoms with E-state index < -0.39 is 0 Å². The van der Waals surface area contributed by atoms with Crippen molar-refractivity contribution in [2.45, 2.75) is 44.9 Å². The van der Waals surface area contributed by atoms with Gasteiger partial charge < -0.3 is 19.4 Å². The molecule has 3 heterocycles. The molecule has 0 unspecified atom stereocenters. The third kappa shape index (κ3) is 5.29. The second-order valence-corrected chi connectivity index (χ2v) is 8.65. The van der Waals surface area contributed by atoms with Gasteiger partial charge in [0.15, 0.2) is 5.96 Å². The standard InChI is InChI=1S/C22H36N4O2/c1-2-7-22(8-3-1)9-12-26(19-22)21(23-10-6-20-5-4-16-28-20)24-11-13-25-14-17-27-18-15-25/h4-5,16H,1-3,6-15,17-19H2,(H,23,24). The van der Waals surface area contributed by atoms with Crippen LogP contribution < -0.4 is 5.32 Å². The average Bonchev–Trinajstić information content (AvgIpc) is 3.39. The predicted octanol–water partition coefficient (Wildman–Crippen LogP) is 2.76. The van der Waals surface area contributed by atoms with Crippen LogP contribution in [-0.4, -0.2) is 74.8 Å². The molecule has 1 spiro atoms. The lowest BCUT2D eigenvalue weighted by molar-refractivity contribution is 0.0394. The van der Waals surface area contributed by atoms with Crippen LogP contribution in [0.15, 0.2) is 27.8 Å². The van der Waals surface area contributed by atoms with E-state index in [9.17, 15) is 0 Å². The minimum atomic E-state index is 0.548. The Morgan fingerprint density at radius 3 is 2.75 bits per heavy atom. The molecule has 1 N–H and O–H groups in total. The SMILES string of the molecule is c1coc(CCNC(=NCCN2CCOCC2)N2CCC3(CCCCC3)C2)c1. The summed E-state index contributed by atoms with van der Waals surface area (Å²) in [6.45, 7) is 8.83. The van der Waals surface area contributed by atoms with E-state index in [1.165, 1.54) is 45.1 Å². The molecule has 0 aromatic carbocycles. The van der Waals surface area contributed by atoms with Crippen LogP contribution in [0.5, 0.6) is 0 Å². The lowest BCUT2D eigenvalue weighted by Gasteiger charge is -2.33. The molecule has 28 heavy (non-hydrogen) atoms. The van der Waals surface area contributed by atoms with Gasteiger partial charge in [0.1, 0.15) is 5.76 Å². The van der Waals surface area contributed by atoms with Gasteiger partial charge in [0.2, 0.25) is 0 Å². The molecule has 0 atom stereocenters. The highest BCUT2D eigenvalue weighted by atomic mass is 16.5. The van der Waals surface area contributed by atoms with E-state index in [-0.39, 0.29) is 0 Å². The number of hydrogen-bond acceptors (Lipinski definition) is 4. The smallest absolute Gasteiger partial charge is 0.194 e. The van der Waals surface area contributed by atoms with Gasteiger partial charge in [-0.1, -0.05) is 19.3 Å². The molecule has 1 aromatic rings. The van der Waals surface area contributed by atoms with Crippen molar-refractivity contribution in [1.82, 2.24) is 15.1 Å². The van der Waals surface area contributed by atoms with Gasteiger partial charge in [-0.05, 0) is 36.8 Å². The zero-order valence-corrected chi connectivity index (χ0v) is 17.2. The van der Waals surface area contributed by atoms with Crippen LogP contribution in [-0.2, 0) is 11.2 Å². The van der Waals surface area contributed by atoms with E-state index in [0.29, 0.717) is 5.41 Å². The normalized spacial score (nSPS) is 23.4. The molecular weight excluding hydrogens is 352 g/mol. The maximum absolute atomic E-state index is 5.48. The van der Waals surface area contributed by atoms with Crippen molar-refractivity contribution < 1.29 is 9.15 Å². The van der Waals surface area contributed by atoms with E-state index in [2.05, 4.69) is 15.1 Å². The highest BCUT2D eigenvalue weighted by Crippen LogP contribution is 2.43. The van der Waals surface area contributed by atoms with Gasteiger partial charge in [0.25, 0.3) is 0 Å². The number of likely N-dealkylation sites (tertiary alicyclic amines) is 1. The van der Waals surface area contributed by atoms with E-state index in [1.54, 1.807) is 6.26 Å². The van der Waals surface area contributed by atoms with Crippen molar-refractivity contribution in [2.24, 2.45) is 10.4 Å². The average molecular weight is 389 g/mol. The highest BCUT2D eigenvalue weighted by molar-refractivity contribution is 5.80. The number of nitrogens with zero attached hydrogens (tertiary/aromatic N) is 3. The molecule has 3 aliphatic rings. The molecule has 4 rings (SSSR count). The molecule has 2 aliphatic heterocycles. The van der Waals surface area contributed by atoms with Gasteiger partial charge >= 0.3 is 0 Å². The molecule has 0 amide bonds. The Morgan fingerprint density at radius 2 is 1.96 bits per heavy atom. The lowest BCUT2D eigenvalue weighted by Crippen LogP contribution is -2.43. The molecule has 6 nitrogen and oxygen atoms in total. The Hall–Kier alpha value is -1.53. The number of ether oxygens (including phenoxy) is 1. The highest BCUT2D eigenvalue weighted by Gasteiger charge is 2.39. The fourth-order valence-corrected chi connectivity index (χ4v) is 4.97. The molecule has 6 heteroatoms. The zero-order chi connectivity index (χ0) is 19.1. The molecule has 156 valence electrons. The number of rotatable bonds is 6. The maximum Gasteiger partial charge on any atom is 0.194 e. The first-order valence-electron chi connectivity index (χ1n) is 11.2. The van der Waals surface area contributed by atoms with Crippen molar-refractivity contribution in [3.8, 4) is 0 Å². The number of morpholine rings is 1. The van der Waals surface area contributed by atoms with Crippen LogP contribution in [0.4, 0.5) is 0 Å². The Balaban J connectivity index is 1.33. The fourth-order valence-electron chi connectivity index (χ4n) is 4.97. The van der Waals surface area contributed by atoms with Gasteiger partial charge in [0, 0.05) is 45.7 Å². The van der Waals surface area contributed by atoms with E-state index in [0.717, 1.165) is 70.6 Å². The van der Waals surface area contributed by atoms with Crippen LogP contribution in [0.25, 0.3) is 0 Å². The lowest BCUT2D eigenvalue weighted by atomic mass is 9.73. The van der Waals surface area contributed by atoms with Crippen LogP contribution in [0, 0.1) is 5.41 Å². The van der Waals surface area contributed by atoms with Gasteiger partial charge in [-0.2, -0.15) is 0 Å². The number of aliphatic imine (C=N–C) groups is 1. The summed E-state index contributed by atoms with van der Waals surface area (Å²) < 4.78 is 10.9. The maximum atomic E-state index is 5.48. The fraction of sp³-hybridized carbons (Fsp3) is 0.773. The molecule has 2 saturated heterocycles. The minimum absolute atomic E-state index is 0.548. The molecule has 0 radical (unpaired) electrons. The summed E-state index contributed by atoms with van der Waals surface area (Å²) in [7, 11) is 0. The second-order valence-electron chi connectivity index (χ2n) is 8.65. The summed E-state index contributed by atoms with van der Waals surface area (Å²) in [5, 5.41) is 3.63. The zero-order valence-electron chi connectivity index (χ0n) is 17.2. The predicted molar refractivity (Wildman–Crippen MR) is 112 cm³/mol. The largest absolute Gasteiger partial charge is 0.469 e. The summed E-state index contributed by atoms with van der Waals surface area (Å²) in [6, 6.07) is 4.00. The summed E-state index contributed by atoms with van der Waals surface area (Å²) >= 11 is 0. The Bertz CT molecular complexity index is 604. The van der Waals surface area contributed by atoms with Gasteiger partial charge in [-0.15, -0.1) is 0 Å². The Labute approximate surface area is 169 Å². The molecule has 3 fully saturated rings. The third-order valence-corrected chi connectivity index (χ3v) is 6.67. The quantitative estimate of drug-likeness (QED) is 0.600. The Kier molecular flexibility index (Phi) is 6.91. The number of furan rings is 1. The van der Waals surface area contributed by atoms with Crippen LogP contribution in [0.1, 0.15) is 44.3 Å². The minimum Gasteiger partial charge on any atom is -0.469 e. The molecule has 1 aliphatic carbocycles. The van der Waals surface area contributed by atoms with Crippen molar-refractivity contribution in [3.05, 3.63) is 24.2 Å². The van der Waals surface area contributed by atoms with Crippen LogP contribution in [0.3, 0.4) is 0 Å². The monoisotopic (exact) mass is 388 g/mol. The summed E-state index contributed by atoms with van der Waals surface area (Å²) in [6.07, 6.45) is 11.0. The van der Waals surface area contributed by atoms with Gasteiger partial charge in [-0.25, -0.2) is 0 Å². The number of hydrogen-bond donors (Lipinski definition) is 1. The van der Waals surface area contributed by atoms with E-state index in [4.69, 9.17) is 14.1 Å². The van der Waals surface area contributed by atoms with Crippen molar-refractivity contribution >= 4 is 5.96 Å². The van der Waals surface area contributed by atoms with Crippen LogP contribution >= 0.6 is 0 Å². The first-order chi connectivity index (χ1) is 13.8. The summed E-state index contributed by atoms with van der Waals surface area (Å²) in [5.74, 6) is 2.13.